The summed E-state index contributed by atoms with van der Waals surface area (Å²) in [5, 5.41) is 6.30. The third kappa shape index (κ3) is 5.60. The summed E-state index contributed by atoms with van der Waals surface area (Å²) in [5.74, 6) is -0.526. The number of carbonyl (C=O) groups excluding carboxylic acids is 2. The topological polar surface area (TPSA) is 80.3 Å². The molecule has 2 aromatic rings. The van der Waals surface area contributed by atoms with Crippen molar-refractivity contribution in [1.82, 2.24) is 10.3 Å². The molecular weight excluding hydrogens is 402 g/mol. The molecule has 0 spiro atoms. The van der Waals surface area contributed by atoms with Crippen LogP contribution in [0.4, 0.5) is 10.5 Å². The molecule has 0 unspecified atom stereocenters. The number of hydrogen-bond acceptors (Lipinski definition) is 4. The third-order valence-electron chi connectivity index (χ3n) is 4.58. The van der Waals surface area contributed by atoms with Gasteiger partial charge in [0.05, 0.1) is 28.4 Å². The number of ether oxygens (including phenoxy) is 1. The quantitative estimate of drug-likeness (QED) is 0.588. The van der Waals surface area contributed by atoms with Gasteiger partial charge in [-0.3, -0.25) is 9.78 Å². The molecule has 2 amide bonds. The second kappa shape index (κ2) is 8.88. The van der Waals surface area contributed by atoms with Gasteiger partial charge in [-0.2, -0.15) is 0 Å². The van der Waals surface area contributed by atoms with Crippen LogP contribution in [0, 0.1) is 5.92 Å². The van der Waals surface area contributed by atoms with Crippen molar-refractivity contribution >= 4 is 29.3 Å². The molecule has 30 heavy (non-hydrogen) atoms. The molecule has 6 nitrogen and oxygen atoms in total. The lowest BCUT2D eigenvalue weighted by atomic mass is 9.97. The van der Waals surface area contributed by atoms with Crippen LogP contribution in [0.1, 0.15) is 45.7 Å². The molecule has 0 aliphatic carbocycles. The molecule has 7 heteroatoms. The predicted molar refractivity (Wildman–Crippen MR) is 118 cm³/mol. The van der Waals surface area contributed by atoms with Crippen molar-refractivity contribution in [2.75, 3.05) is 5.32 Å². The number of hydrogen-bond donors (Lipinski definition) is 2. The van der Waals surface area contributed by atoms with E-state index in [9.17, 15) is 9.59 Å². The first-order valence-corrected chi connectivity index (χ1v) is 10.2. The highest BCUT2D eigenvalue weighted by Crippen LogP contribution is 2.31. The van der Waals surface area contributed by atoms with Gasteiger partial charge in [0.1, 0.15) is 5.60 Å². The SMILES string of the molecule is C[C@@H]1/C=C/C[C@H](NC(=O)OC(C)(C)C)c2cccc(c2)-c2ncc(Cl)cc2NC1=O. The number of benzene rings is 1. The number of pyridine rings is 1. The van der Waals surface area contributed by atoms with Crippen LogP contribution in [0.15, 0.2) is 48.7 Å². The maximum absolute atomic E-state index is 12.6. The summed E-state index contributed by atoms with van der Waals surface area (Å²) in [7, 11) is 0. The van der Waals surface area contributed by atoms with Crippen molar-refractivity contribution in [2.45, 2.75) is 45.8 Å². The first kappa shape index (κ1) is 21.8. The fraction of sp³-hybridized carbons (Fsp3) is 0.348. The van der Waals surface area contributed by atoms with E-state index in [4.69, 9.17) is 16.3 Å². The Labute approximate surface area is 181 Å². The summed E-state index contributed by atoms with van der Waals surface area (Å²) in [6.45, 7) is 7.28. The zero-order chi connectivity index (χ0) is 21.9. The van der Waals surface area contributed by atoms with Gasteiger partial charge < -0.3 is 15.4 Å². The van der Waals surface area contributed by atoms with Crippen LogP contribution in [0.5, 0.6) is 0 Å². The average molecular weight is 428 g/mol. The minimum Gasteiger partial charge on any atom is -0.444 e. The number of nitrogens with zero attached hydrogens (tertiary/aromatic N) is 1. The monoisotopic (exact) mass is 427 g/mol. The van der Waals surface area contributed by atoms with E-state index in [1.54, 1.807) is 12.3 Å². The van der Waals surface area contributed by atoms with Crippen LogP contribution in [0.2, 0.25) is 5.02 Å². The molecule has 2 atom stereocenters. The largest absolute Gasteiger partial charge is 0.444 e. The van der Waals surface area contributed by atoms with Crippen LogP contribution in [-0.2, 0) is 9.53 Å². The summed E-state index contributed by atoms with van der Waals surface area (Å²) in [6, 6.07) is 9.07. The van der Waals surface area contributed by atoms with Gasteiger partial charge >= 0.3 is 6.09 Å². The van der Waals surface area contributed by atoms with Crippen LogP contribution in [0.25, 0.3) is 11.3 Å². The number of carbonyl (C=O) groups is 2. The Morgan fingerprint density at radius 2 is 2.07 bits per heavy atom. The molecule has 1 aromatic heterocycles. The van der Waals surface area contributed by atoms with Crippen molar-refractivity contribution in [2.24, 2.45) is 5.92 Å². The second-order valence-corrected chi connectivity index (χ2v) is 8.75. The number of halogens is 1. The molecule has 2 bridgehead atoms. The highest BCUT2D eigenvalue weighted by Gasteiger charge is 2.22. The molecule has 158 valence electrons. The van der Waals surface area contributed by atoms with E-state index in [2.05, 4.69) is 15.6 Å². The average Bonchev–Trinajstić information content (AvgIpc) is 2.65. The van der Waals surface area contributed by atoms with Crippen molar-refractivity contribution in [1.29, 1.82) is 0 Å². The maximum atomic E-state index is 12.6. The smallest absolute Gasteiger partial charge is 0.408 e. The Hall–Kier alpha value is -2.86. The Bertz CT molecular complexity index is 982. The molecule has 0 saturated carbocycles. The van der Waals surface area contributed by atoms with Gasteiger partial charge in [0.25, 0.3) is 0 Å². The van der Waals surface area contributed by atoms with E-state index in [0.29, 0.717) is 22.8 Å². The van der Waals surface area contributed by atoms with Crippen LogP contribution in [0.3, 0.4) is 0 Å². The molecule has 0 fully saturated rings. The minimum atomic E-state index is -0.595. The lowest BCUT2D eigenvalue weighted by Gasteiger charge is -2.24. The number of anilines is 1. The van der Waals surface area contributed by atoms with E-state index < -0.39 is 11.7 Å². The molecule has 1 aliphatic heterocycles. The molecule has 1 aromatic carbocycles. The highest BCUT2D eigenvalue weighted by molar-refractivity contribution is 6.31. The van der Waals surface area contributed by atoms with Gasteiger partial charge in [0.15, 0.2) is 0 Å². The third-order valence-corrected chi connectivity index (χ3v) is 4.78. The van der Waals surface area contributed by atoms with Crippen molar-refractivity contribution in [3.63, 3.8) is 0 Å². The van der Waals surface area contributed by atoms with E-state index in [1.165, 1.54) is 0 Å². The Kier molecular flexibility index (Phi) is 6.46. The Morgan fingerprint density at radius 1 is 1.30 bits per heavy atom. The standard InChI is InChI=1S/C23H26ClN3O3/c1-14-7-5-10-18(27-22(29)30-23(2,3)4)15-8-6-9-16(11-15)20-19(26-21(14)28)12-17(24)13-25-20/h5-9,11-14,18H,10H2,1-4H3,(H,26,28)(H,27,29)/b7-5+/t14-,18+/m1/s1. The first-order valence-electron chi connectivity index (χ1n) is 9.85. The number of aromatic nitrogens is 1. The summed E-state index contributed by atoms with van der Waals surface area (Å²) in [5.41, 5.74) is 2.28. The van der Waals surface area contributed by atoms with Crippen LogP contribution in [-0.4, -0.2) is 22.6 Å². The van der Waals surface area contributed by atoms with Crippen LogP contribution >= 0.6 is 11.6 Å². The number of nitrogens with one attached hydrogen (secondary N) is 2. The van der Waals surface area contributed by atoms with Gasteiger partial charge in [-0.1, -0.05) is 48.9 Å². The van der Waals surface area contributed by atoms with Gasteiger partial charge in [0, 0.05) is 11.8 Å². The van der Waals surface area contributed by atoms with E-state index in [0.717, 1.165) is 11.1 Å². The van der Waals surface area contributed by atoms with Crippen molar-refractivity contribution in [3.05, 3.63) is 59.3 Å². The molecular formula is C23H26ClN3O3. The van der Waals surface area contributed by atoms with E-state index >= 15 is 0 Å². The van der Waals surface area contributed by atoms with Gasteiger partial charge in [-0.05, 0) is 44.9 Å². The number of alkyl carbamates (subject to hydrolysis) is 1. The lowest BCUT2D eigenvalue weighted by Crippen LogP contribution is -2.35. The van der Waals surface area contributed by atoms with Crippen molar-refractivity contribution < 1.29 is 14.3 Å². The fourth-order valence-electron chi connectivity index (χ4n) is 3.15. The van der Waals surface area contributed by atoms with Gasteiger partial charge in [-0.25, -0.2) is 4.79 Å². The normalized spacial score (nSPS) is 20.1. The number of rotatable bonds is 1. The maximum Gasteiger partial charge on any atom is 0.408 e. The molecule has 2 heterocycles. The van der Waals surface area contributed by atoms with E-state index in [-0.39, 0.29) is 17.9 Å². The lowest BCUT2D eigenvalue weighted by molar-refractivity contribution is -0.118. The summed E-state index contributed by atoms with van der Waals surface area (Å²) in [4.78, 5) is 29.5. The van der Waals surface area contributed by atoms with Gasteiger partial charge in [0.2, 0.25) is 5.91 Å². The Balaban J connectivity index is 2.03. The fourth-order valence-corrected chi connectivity index (χ4v) is 3.31. The molecule has 0 radical (unpaired) electrons. The minimum absolute atomic E-state index is 0.162. The molecule has 3 rings (SSSR count). The number of amides is 2. The van der Waals surface area contributed by atoms with E-state index in [1.807, 2.05) is 64.1 Å². The summed E-state index contributed by atoms with van der Waals surface area (Å²) in [6.07, 6.45) is 5.29. The Morgan fingerprint density at radius 3 is 2.80 bits per heavy atom. The van der Waals surface area contributed by atoms with Gasteiger partial charge in [-0.15, -0.1) is 0 Å². The molecule has 0 saturated heterocycles. The number of fused-ring (bicyclic) bond motifs is 4. The zero-order valence-corrected chi connectivity index (χ0v) is 18.3. The predicted octanol–water partition coefficient (Wildman–Crippen LogP) is 5.50. The highest BCUT2D eigenvalue weighted by atomic mass is 35.5. The summed E-state index contributed by atoms with van der Waals surface area (Å²) >= 11 is 6.11. The molecule has 2 N–H and O–H groups in total. The van der Waals surface area contributed by atoms with Crippen LogP contribution < -0.4 is 10.6 Å². The molecule has 1 aliphatic rings. The first-order chi connectivity index (χ1) is 14.1. The summed E-state index contributed by atoms with van der Waals surface area (Å²) < 4.78 is 5.43. The second-order valence-electron chi connectivity index (χ2n) is 8.32. The zero-order valence-electron chi connectivity index (χ0n) is 17.5. The van der Waals surface area contributed by atoms with Crippen molar-refractivity contribution in [3.8, 4) is 11.3 Å².